The van der Waals surface area contributed by atoms with E-state index in [-0.39, 0.29) is 0 Å². The molecular weight excluding hydrogens is 162 g/mol. The van der Waals surface area contributed by atoms with Crippen LogP contribution in [-0.2, 0) is 4.74 Å². The zero-order valence-electron chi connectivity index (χ0n) is 8.75. The molecule has 3 atom stereocenters. The summed E-state index contributed by atoms with van der Waals surface area (Å²) in [7, 11) is 2.04. The Morgan fingerprint density at radius 2 is 2.46 bits per heavy atom. The Labute approximate surface area is 81.4 Å². The maximum atomic E-state index is 5.56. The highest BCUT2D eigenvalue weighted by molar-refractivity contribution is 4.83. The molecule has 1 fully saturated rings. The SMILES string of the molecule is C=CCCC(NC)C1COC(C)C1. The molecule has 0 saturated carbocycles. The zero-order chi connectivity index (χ0) is 9.68. The van der Waals surface area contributed by atoms with Crippen molar-refractivity contribution >= 4 is 0 Å². The summed E-state index contributed by atoms with van der Waals surface area (Å²) in [5.41, 5.74) is 0. The van der Waals surface area contributed by atoms with Crippen LogP contribution in [0.5, 0.6) is 0 Å². The van der Waals surface area contributed by atoms with E-state index in [1.54, 1.807) is 0 Å². The molecule has 0 aromatic rings. The van der Waals surface area contributed by atoms with E-state index >= 15 is 0 Å². The first-order chi connectivity index (χ1) is 6.27. The van der Waals surface area contributed by atoms with E-state index in [1.807, 2.05) is 13.1 Å². The van der Waals surface area contributed by atoms with Crippen molar-refractivity contribution in [2.24, 2.45) is 5.92 Å². The minimum absolute atomic E-state index is 0.449. The van der Waals surface area contributed by atoms with E-state index in [9.17, 15) is 0 Å². The number of ether oxygens (including phenoxy) is 1. The molecule has 1 aliphatic rings. The van der Waals surface area contributed by atoms with Crippen molar-refractivity contribution < 1.29 is 4.74 Å². The van der Waals surface area contributed by atoms with Gasteiger partial charge in [0.05, 0.1) is 12.7 Å². The van der Waals surface area contributed by atoms with Crippen molar-refractivity contribution in [1.29, 1.82) is 0 Å². The first kappa shape index (κ1) is 10.7. The number of rotatable bonds is 5. The van der Waals surface area contributed by atoms with E-state index in [1.165, 1.54) is 12.8 Å². The van der Waals surface area contributed by atoms with Crippen LogP contribution in [0.2, 0.25) is 0 Å². The maximum Gasteiger partial charge on any atom is 0.0551 e. The van der Waals surface area contributed by atoms with Crippen LogP contribution in [0.4, 0.5) is 0 Å². The lowest BCUT2D eigenvalue weighted by molar-refractivity contribution is 0.117. The molecule has 0 spiro atoms. The first-order valence-corrected chi connectivity index (χ1v) is 5.17. The molecule has 0 aliphatic carbocycles. The molecule has 0 amide bonds. The minimum Gasteiger partial charge on any atom is -0.378 e. The molecule has 76 valence electrons. The van der Waals surface area contributed by atoms with Crippen LogP contribution >= 0.6 is 0 Å². The predicted octanol–water partition coefficient (Wildman–Crippen LogP) is 1.97. The van der Waals surface area contributed by atoms with Crippen LogP contribution in [0.3, 0.4) is 0 Å². The highest BCUT2D eigenvalue weighted by Gasteiger charge is 2.27. The average Bonchev–Trinajstić information content (AvgIpc) is 2.54. The summed E-state index contributed by atoms with van der Waals surface area (Å²) in [6.07, 6.45) is 5.91. The highest BCUT2D eigenvalue weighted by atomic mass is 16.5. The van der Waals surface area contributed by atoms with Gasteiger partial charge in [-0.15, -0.1) is 6.58 Å². The standard InChI is InChI=1S/C11H21NO/c1-4-5-6-11(12-3)10-7-9(2)13-8-10/h4,9-12H,1,5-8H2,2-3H3. The Morgan fingerprint density at radius 1 is 1.69 bits per heavy atom. The Hall–Kier alpha value is -0.340. The van der Waals surface area contributed by atoms with Gasteiger partial charge >= 0.3 is 0 Å². The summed E-state index contributed by atoms with van der Waals surface area (Å²) >= 11 is 0. The molecular formula is C11H21NO. The van der Waals surface area contributed by atoms with Crippen LogP contribution in [0.25, 0.3) is 0 Å². The van der Waals surface area contributed by atoms with Crippen LogP contribution in [-0.4, -0.2) is 25.8 Å². The van der Waals surface area contributed by atoms with E-state index in [4.69, 9.17) is 4.74 Å². The predicted molar refractivity (Wildman–Crippen MR) is 55.8 cm³/mol. The van der Waals surface area contributed by atoms with Gasteiger partial charge in [-0.3, -0.25) is 0 Å². The van der Waals surface area contributed by atoms with Gasteiger partial charge < -0.3 is 10.1 Å². The van der Waals surface area contributed by atoms with E-state index in [0.717, 1.165) is 13.0 Å². The Balaban J connectivity index is 2.32. The third-order valence-electron chi connectivity index (χ3n) is 2.85. The summed E-state index contributed by atoms with van der Waals surface area (Å²) in [4.78, 5) is 0. The molecule has 2 heteroatoms. The van der Waals surface area contributed by atoms with Crippen LogP contribution in [0.1, 0.15) is 26.2 Å². The van der Waals surface area contributed by atoms with Crippen molar-refractivity contribution in [2.45, 2.75) is 38.3 Å². The van der Waals surface area contributed by atoms with Gasteiger partial charge in [0.15, 0.2) is 0 Å². The molecule has 1 aliphatic heterocycles. The van der Waals surface area contributed by atoms with E-state index in [0.29, 0.717) is 18.1 Å². The molecule has 0 aromatic heterocycles. The molecule has 0 bridgehead atoms. The molecule has 0 radical (unpaired) electrons. The Morgan fingerprint density at radius 3 is 2.92 bits per heavy atom. The van der Waals surface area contributed by atoms with E-state index < -0.39 is 0 Å². The topological polar surface area (TPSA) is 21.3 Å². The molecule has 0 aromatic carbocycles. The van der Waals surface area contributed by atoms with Gasteiger partial charge in [0.2, 0.25) is 0 Å². The largest absolute Gasteiger partial charge is 0.378 e. The summed E-state index contributed by atoms with van der Waals surface area (Å²) in [5, 5.41) is 3.37. The number of hydrogen-bond donors (Lipinski definition) is 1. The lowest BCUT2D eigenvalue weighted by Crippen LogP contribution is -2.33. The van der Waals surface area contributed by atoms with E-state index in [2.05, 4.69) is 18.8 Å². The minimum atomic E-state index is 0.449. The summed E-state index contributed by atoms with van der Waals surface area (Å²) in [5.74, 6) is 0.694. The van der Waals surface area contributed by atoms with Gasteiger partial charge in [-0.05, 0) is 33.2 Å². The van der Waals surface area contributed by atoms with Gasteiger partial charge in [0, 0.05) is 12.0 Å². The number of allylic oxidation sites excluding steroid dienone is 1. The van der Waals surface area contributed by atoms with Crippen LogP contribution in [0.15, 0.2) is 12.7 Å². The van der Waals surface area contributed by atoms with Crippen molar-refractivity contribution in [3.63, 3.8) is 0 Å². The molecule has 1 saturated heterocycles. The van der Waals surface area contributed by atoms with Crippen molar-refractivity contribution in [3.05, 3.63) is 12.7 Å². The van der Waals surface area contributed by atoms with Gasteiger partial charge in [0.25, 0.3) is 0 Å². The fourth-order valence-electron chi connectivity index (χ4n) is 2.04. The van der Waals surface area contributed by atoms with Crippen LogP contribution < -0.4 is 5.32 Å². The monoisotopic (exact) mass is 183 g/mol. The van der Waals surface area contributed by atoms with Crippen LogP contribution in [0, 0.1) is 5.92 Å². The van der Waals surface area contributed by atoms with Gasteiger partial charge in [0.1, 0.15) is 0 Å². The smallest absolute Gasteiger partial charge is 0.0551 e. The second-order valence-electron chi connectivity index (χ2n) is 3.90. The van der Waals surface area contributed by atoms with Crippen molar-refractivity contribution in [1.82, 2.24) is 5.32 Å². The summed E-state index contributed by atoms with van der Waals surface area (Å²) < 4.78 is 5.56. The fraction of sp³-hybridized carbons (Fsp3) is 0.818. The number of hydrogen-bond acceptors (Lipinski definition) is 2. The third-order valence-corrected chi connectivity index (χ3v) is 2.85. The summed E-state index contributed by atoms with van der Waals surface area (Å²) in [6.45, 7) is 6.82. The Bertz CT molecular complexity index is 158. The highest BCUT2D eigenvalue weighted by Crippen LogP contribution is 2.24. The Kier molecular flexibility index (Phi) is 4.46. The number of nitrogens with one attached hydrogen (secondary N) is 1. The lowest BCUT2D eigenvalue weighted by atomic mass is 9.93. The lowest BCUT2D eigenvalue weighted by Gasteiger charge is -2.21. The second kappa shape index (κ2) is 5.40. The van der Waals surface area contributed by atoms with Crippen molar-refractivity contribution in [3.8, 4) is 0 Å². The molecule has 1 rings (SSSR count). The average molecular weight is 183 g/mol. The third kappa shape index (κ3) is 3.12. The normalized spacial score (nSPS) is 30.3. The molecule has 1 N–H and O–H groups in total. The van der Waals surface area contributed by atoms with Crippen molar-refractivity contribution in [2.75, 3.05) is 13.7 Å². The zero-order valence-corrected chi connectivity index (χ0v) is 8.75. The fourth-order valence-corrected chi connectivity index (χ4v) is 2.04. The quantitative estimate of drug-likeness (QED) is 0.658. The van der Waals surface area contributed by atoms with Gasteiger partial charge in [-0.1, -0.05) is 6.08 Å². The van der Waals surface area contributed by atoms with Gasteiger partial charge in [-0.2, -0.15) is 0 Å². The first-order valence-electron chi connectivity index (χ1n) is 5.17. The summed E-state index contributed by atoms with van der Waals surface area (Å²) in [6, 6.07) is 0.600. The van der Waals surface area contributed by atoms with Gasteiger partial charge in [-0.25, -0.2) is 0 Å². The molecule has 13 heavy (non-hydrogen) atoms. The molecule has 2 nitrogen and oxygen atoms in total. The molecule has 1 heterocycles. The second-order valence-corrected chi connectivity index (χ2v) is 3.90. The maximum absolute atomic E-state index is 5.56. The molecule has 3 unspecified atom stereocenters.